The third-order valence-corrected chi connectivity index (χ3v) is 5.09. The Hall–Kier alpha value is -1.75. The Kier molecular flexibility index (Phi) is 3.77. The summed E-state index contributed by atoms with van der Waals surface area (Å²) in [5.41, 5.74) is 3.60. The van der Waals surface area contributed by atoms with Crippen molar-refractivity contribution in [2.75, 3.05) is 6.54 Å². The van der Waals surface area contributed by atoms with Crippen LogP contribution in [0.3, 0.4) is 0 Å². The van der Waals surface area contributed by atoms with Gasteiger partial charge in [0, 0.05) is 43.0 Å². The zero-order valence-electron chi connectivity index (χ0n) is 12.5. The van der Waals surface area contributed by atoms with Gasteiger partial charge in [-0.15, -0.1) is 12.4 Å². The Balaban J connectivity index is 0.00000144. The van der Waals surface area contributed by atoms with Crippen LogP contribution in [0, 0.1) is 5.92 Å². The molecule has 1 aromatic rings. The zero-order chi connectivity index (χ0) is 14.6. The van der Waals surface area contributed by atoms with Crippen LogP contribution in [0.25, 0.3) is 0 Å². The fourth-order valence-corrected chi connectivity index (χ4v) is 4.17. The van der Waals surface area contributed by atoms with Gasteiger partial charge in [-0.25, -0.2) is 0 Å². The van der Waals surface area contributed by atoms with Gasteiger partial charge in [-0.05, 0) is 25.0 Å². The highest BCUT2D eigenvalue weighted by atomic mass is 35.5. The molecule has 3 heterocycles. The molecule has 0 fully saturated rings. The molecule has 0 saturated carbocycles. The smallest absolute Gasteiger partial charge is 0.166 e. The van der Waals surface area contributed by atoms with E-state index in [0.29, 0.717) is 17.7 Å². The summed E-state index contributed by atoms with van der Waals surface area (Å²) in [6, 6.07) is 4.37. The molecule has 3 aliphatic rings. The van der Waals surface area contributed by atoms with Crippen LogP contribution in [0.4, 0.5) is 0 Å². The van der Waals surface area contributed by atoms with Crippen LogP contribution in [0.1, 0.15) is 37.9 Å². The molecule has 6 heteroatoms. The second kappa shape index (κ2) is 5.47. The highest BCUT2D eigenvalue weighted by Gasteiger charge is 2.44. The van der Waals surface area contributed by atoms with Crippen molar-refractivity contribution in [3.05, 3.63) is 35.3 Å². The van der Waals surface area contributed by atoms with Gasteiger partial charge in [0.25, 0.3) is 0 Å². The van der Waals surface area contributed by atoms with E-state index in [1.165, 1.54) is 5.69 Å². The van der Waals surface area contributed by atoms with Crippen molar-refractivity contribution in [1.29, 1.82) is 0 Å². The molecule has 2 atom stereocenters. The predicted molar refractivity (Wildman–Crippen MR) is 85.4 cm³/mol. The molecule has 5 nitrogen and oxygen atoms in total. The molecular formula is C16H20ClN3O2. The third-order valence-electron chi connectivity index (χ3n) is 5.09. The molecule has 0 bridgehead atoms. The van der Waals surface area contributed by atoms with Gasteiger partial charge in [0.1, 0.15) is 0 Å². The Labute approximate surface area is 135 Å². The molecule has 0 amide bonds. The molecule has 118 valence electrons. The van der Waals surface area contributed by atoms with Crippen LogP contribution in [0.15, 0.2) is 34.8 Å². The number of carbonyl (C=O) groups is 1. The predicted octanol–water partition coefficient (Wildman–Crippen LogP) is 2.75. The van der Waals surface area contributed by atoms with E-state index in [0.717, 1.165) is 31.6 Å². The first-order valence-electron chi connectivity index (χ1n) is 7.62. The second-order valence-corrected chi connectivity index (χ2v) is 6.14. The molecule has 22 heavy (non-hydrogen) atoms. The van der Waals surface area contributed by atoms with Gasteiger partial charge < -0.3 is 14.7 Å². The van der Waals surface area contributed by atoms with E-state index in [-0.39, 0.29) is 30.2 Å². The SMILES string of the molecule is CC1/C(=N\O)C2=C(CCCC2=O)N2CCn3cccc3C12.Cl. The van der Waals surface area contributed by atoms with E-state index in [9.17, 15) is 10.0 Å². The number of rotatable bonds is 0. The Morgan fingerprint density at radius 1 is 1.32 bits per heavy atom. The van der Waals surface area contributed by atoms with Crippen LogP contribution in [-0.4, -0.2) is 32.7 Å². The molecule has 0 radical (unpaired) electrons. The van der Waals surface area contributed by atoms with Gasteiger partial charge >= 0.3 is 0 Å². The van der Waals surface area contributed by atoms with Gasteiger partial charge in [-0.2, -0.15) is 0 Å². The number of allylic oxidation sites excluding steroid dienone is 2. The quantitative estimate of drug-likeness (QED) is 0.590. The second-order valence-electron chi connectivity index (χ2n) is 6.14. The number of hydrogen-bond donors (Lipinski definition) is 1. The van der Waals surface area contributed by atoms with Crippen molar-refractivity contribution in [2.45, 2.75) is 38.8 Å². The maximum Gasteiger partial charge on any atom is 0.166 e. The molecular weight excluding hydrogens is 302 g/mol. The van der Waals surface area contributed by atoms with Crippen molar-refractivity contribution < 1.29 is 10.0 Å². The van der Waals surface area contributed by atoms with E-state index in [4.69, 9.17) is 0 Å². The lowest BCUT2D eigenvalue weighted by molar-refractivity contribution is -0.116. The zero-order valence-corrected chi connectivity index (χ0v) is 13.3. The summed E-state index contributed by atoms with van der Waals surface area (Å²) in [7, 11) is 0. The monoisotopic (exact) mass is 321 g/mol. The number of ketones is 1. The minimum Gasteiger partial charge on any atom is -0.411 e. The van der Waals surface area contributed by atoms with Crippen LogP contribution in [0.2, 0.25) is 0 Å². The van der Waals surface area contributed by atoms with Crippen LogP contribution < -0.4 is 0 Å². The normalized spacial score (nSPS) is 28.9. The summed E-state index contributed by atoms with van der Waals surface area (Å²) in [6.45, 7) is 3.92. The maximum atomic E-state index is 12.3. The number of Topliss-reactive ketones (excluding diaryl/α,β-unsaturated/α-hetero) is 1. The first-order valence-corrected chi connectivity index (χ1v) is 7.62. The summed E-state index contributed by atoms with van der Waals surface area (Å²) in [4.78, 5) is 14.7. The highest BCUT2D eigenvalue weighted by Crippen LogP contribution is 2.44. The Morgan fingerprint density at radius 2 is 2.14 bits per heavy atom. The van der Waals surface area contributed by atoms with E-state index in [2.05, 4.69) is 39.9 Å². The summed E-state index contributed by atoms with van der Waals surface area (Å²) in [6.07, 6.45) is 4.48. The number of oxime groups is 1. The van der Waals surface area contributed by atoms with Gasteiger partial charge in [0.15, 0.2) is 5.78 Å². The van der Waals surface area contributed by atoms with Crippen molar-refractivity contribution in [3.8, 4) is 0 Å². The van der Waals surface area contributed by atoms with Gasteiger partial charge in [0.05, 0.1) is 17.3 Å². The van der Waals surface area contributed by atoms with Crippen molar-refractivity contribution in [2.24, 2.45) is 11.1 Å². The number of halogens is 1. The molecule has 0 saturated heterocycles. The fourth-order valence-electron chi connectivity index (χ4n) is 4.17. The van der Waals surface area contributed by atoms with Gasteiger partial charge in [-0.1, -0.05) is 12.1 Å². The largest absolute Gasteiger partial charge is 0.411 e. The lowest BCUT2D eigenvalue weighted by atomic mass is 9.77. The fraction of sp³-hybridized carbons (Fsp3) is 0.500. The molecule has 1 N–H and O–H groups in total. The highest BCUT2D eigenvalue weighted by molar-refractivity contribution is 6.24. The summed E-state index contributed by atoms with van der Waals surface area (Å²) < 4.78 is 2.27. The molecule has 1 aliphatic carbocycles. The minimum absolute atomic E-state index is 0. The molecule has 0 aromatic carbocycles. The number of aromatic nitrogens is 1. The average molecular weight is 322 g/mol. The maximum absolute atomic E-state index is 12.3. The minimum atomic E-state index is 0. The Morgan fingerprint density at radius 3 is 2.91 bits per heavy atom. The first kappa shape index (κ1) is 15.2. The van der Waals surface area contributed by atoms with E-state index >= 15 is 0 Å². The van der Waals surface area contributed by atoms with Gasteiger partial charge in [-0.3, -0.25) is 4.79 Å². The standard InChI is InChI=1S/C16H19N3O2.ClH/c1-10-15(17-21)14-11(4-2-6-13(14)20)19-9-8-18-7-3-5-12(18)16(10)19;/h3,5,7,10,16,21H,2,4,6,8-9H2,1H3;1H/b17-15+;. The van der Waals surface area contributed by atoms with E-state index < -0.39 is 0 Å². The average Bonchev–Trinajstić information content (AvgIpc) is 2.96. The van der Waals surface area contributed by atoms with E-state index in [1.807, 2.05) is 0 Å². The third kappa shape index (κ3) is 1.92. The van der Waals surface area contributed by atoms with Crippen LogP contribution >= 0.6 is 12.4 Å². The van der Waals surface area contributed by atoms with Crippen LogP contribution in [-0.2, 0) is 11.3 Å². The molecule has 2 unspecified atom stereocenters. The molecule has 1 aromatic heterocycles. The van der Waals surface area contributed by atoms with Crippen molar-refractivity contribution >= 4 is 23.9 Å². The van der Waals surface area contributed by atoms with Crippen LogP contribution in [0.5, 0.6) is 0 Å². The number of carbonyl (C=O) groups excluding carboxylic acids is 1. The van der Waals surface area contributed by atoms with Crippen molar-refractivity contribution in [3.63, 3.8) is 0 Å². The van der Waals surface area contributed by atoms with Gasteiger partial charge in [0.2, 0.25) is 0 Å². The topological polar surface area (TPSA) is 57.8 Å². The van der Waals surface area contributed by atoms with Crippen molar-refractivity contribution in [1.82, 2.24) is 9.47 Å². The summed E-state index contributed by atoms with van der Waals surface area (Å²) in [5, 5.41) is 13.0. The molecule has 4 rings (SSSR count). The number of hydrogen-bond acceptors (Lipinski definition) is 4. The number of nitrogens with zero attached hydrogens (tertiary/aromatic N) is 3. The van der Waals surface area contributed by atoms with E-state index in [1.54, 1.807) is 0 Å². The lowest BCUT2D eigenvalue weighted by Crippen LogP contribution is -2.48. The first-order chi connectivity index (χ1) is 10.2. The summed E-state index contributed by atoms with van der Waals surface area (Å²) in [5.74, 6) is 0.153. The molecule has 2 aliphatic heterocycles. The lowest BCUT2D eigenvalue weighted by Gasteiger charge is -2.48. The molecule has 0 spiro atoms. The summed E-state index contributed by atoms with van der Waals surface area (Å²) >= 11 is 0. The Bertz CT molecular complexity index is 677. The number of fused-ring (bicyclic) bond motifs is 4.